The average molecular weight is 552 g/mol. The van der Waals surface area contributed by atoms with Crippen molar-refractivity contribution in [3.05, 3.63) is 79.9 Å². The molecule has 2 heterocycles. The number of fused-ring (bicyclic) bond motifs is 1. The number of thiophene rings is 1. The van der Waals surface area contributed by atoms with Crippen LogP contribution in [0.15, 0.2) is 58.8 Å². The van der Waals surface area contributed by atoms with Gasteiger partial charge in [0.2, 0.25) is 10.9 Å². The van der Waals surface area contributed by atoms with E-state index in [1.54, 1.807) is 36.4 Å². The summed E-state index contributed by atoms with van der Waals surface area (Å²) in [4.78, 5) is 61.1. The zero-order chi connectivity index (χ0) is 28.3. The Morgan fingerprint density at radius 3 is 2.26 bits per heavy atom. The van der Waals surface area contributed by atoms with Crippen LogP contribution < -0.4 is 10.2 Å². The maximum atomic E-state index is 12.7. The molecule has 0 saturated carbocycles. The first-order valence-electron chi connectivity index (χ1n) is 11.6. The van der Waals surface area contributed by atoms with E-state index in [2.05, 4.69) is 15.5 Å². The van der Waals surface area contributed by atoms with Crippen molar-refractivity contribution in [1.82, 2.24) is 4.90 Å². The number of nitro groups is 2. The van der Waals surface area contributed by atoms with Crippen molar-refractivity contribution in [2.75, 3.05) is 29.9 Å². The van der Waals surface area contributed by atoms with Gasteiger partial charge in [0.05, 0.1) is 26.7 Å². The molecule has 0 unspecified atom stereocenters. The van der Waals surface area contributed by atoms with Gasteiger partial charge in [0.15, 0.2) is 0 Å². The summed E-state index contributed by atoms with van der Waals surface area (Å²) in [7, 11) is 0. The molecule has 0 aliphatic carbocycles. The summed E-state index contributed by atoms with van der Waals surface area (Å²) in [6, 6.07) is 12.3. The number of benzene rings is 2. The normalized spacial score (nSPS) is 12.6. The summed E-state index contributed by atoms with van der Waals surface area (Å²) in [5.41, 5.74) is 1.23. The van der Waals surface area contributed by atoms with Crippen molar-refractivity contribution in [2.24, 2.45) is 10.2 Å². The average Bonchev–Trinajstić information content (AvgIpc) is 3.44. The molecular formula is C24H21N7O7S. The molecule has 0 spiro atoms. The maximum absolute atomic E-state index is 12.7. The van der Waals surface area contributed by atoms with Crippen LogP contribution in [0, 0.1) is 20.2 Å². The van der Waals surface area contributed by atoms with E-state index in [9.17, 15) is 34.6 Å². The number of nitrogens with zero attached hydrogens (tertiary/aromatic N) is 6. The highest BCUT2D eigenvalue weighted by atomic mass is 32.1. The molecule has 0 radical (unpaired) electrons. The standard InChI is InChI=1S/C24H21N7O7S/c1-3-28(10-11-29-23(33)16-6-4-5-7-17(16)24(29)34)15-8-9-18(19(12-15)25-14(2)32)26-27-22-20(30(35)36)13-21(39-22)31(37)38/h4-9,12-13H,3,10-11H2,1-2H3,(H,25,32). The molecule has 4 rings (SSSR count). The van der Waals surface area contributed by atoms with Gasteiger partial charge in [-0.3, -0.25) is 39.5 Å². The smallest absolute Gasteiger partial charge is 0.333 e. The van der Waals surface area contributed by atoms with Crippen molar-refractivity contribution < 1.29 is 24.2 Å². The summed E-state index contributed by atoms with van der Waals surface area (Å²) < 4.78 is 0. The van der Waals surface area contributed by atoms with Crippen LogP contribution in [0.4, 0.5) is 32.8 Å². The number of rotatable bonds is 10. The lowest BCUT2D eigenvalue weighted by atomic mass is 10.1. The molecule has 1 aromatic heterocycles. The summed E-state index contributed by atoms with van der Waals surface area (Å²) in [6.45, 7) is 4.14. The largest absolute Gasteiger partial charge is 0.370 e. The highest BCUT2D eigenvalue weighted by Crippen LogP contribution is 2.42. The van der Waals surface area contributed by atoms with Crippen molar-refractivity contribution in [3.8, 4) is 0 Å². The van der Waals surface area contributed by atoms with Gasteiger partial charge in [0.25, 0.3) is 11.8 Å². The number of imide groups is 1. The molecule has 1 N–H and O–H groups in total. The molecule has 2 aromatic carbocycles. The molecule has 14 nitrogen and oxygen atoms in total. The van der Waals surface area contributed by atoms with Gasteiger partial charge in [-0.25, -0.2) is 0 Å². The maximum Gasteiger partial charge on any atom is 0.333 e. The number of hydrogen-bond donors (Lipinski definition) is 1. The predicted molar refractivity (Wildman–Crippen MR) is 142 cm³/mol. The van der Waals surface area contributed by atoms with Crippen LogP contribution in [-0.2, 0) is 4.79 Å². The first-order valence-corrected chi connectivity index (χ1v) is 12.4. The molecule has 200 valence electrons. The van der Waals surface area contributed by atoms with Gasteiger partial charge in [0.1, 0.15) is 11.8 Å². The predicted octanol–water partition coefficient (Wildman–Crippen LogP) is 5.06. The number of azo groups is 1. The van der Waals surface area contributed by atoms with Gasteiger partial charge in [-0.05, 0) is 48.6 Å². The lowest BCUT2D eigenvalue weighted by molar-refractivity contribution is -0.389. The summed E-state index contributed by atoms with van der Waals surface area (Å²) in [6.07, 6.45) is 0. The second kappa shape index (κ2) is 11.1. The molecule has 0 saturated heterocycles. The first-order chi connectivity index (χ1) is 18.6. The third-order valence-corrected chi connectivity index (χ3v) is 6.78. The Bertz CT molecular complexity index is 1500. The first kappa shape index (κ1) is 27.0. The zero-order valence-electron chi connectivity index (χ0n) is 20.7. The minimum Gasteiger partial charge on any atom is -0.370 e. The molecule has 1 aliphatic rings. The molecule has 3 aromatic rings. The van der Waals surface area contributed by atoms with Crippen LogP contribution in [0.5, 0.6) is 0 Å². The number of amides is 3. The summed E-state index contributed by atoms with van der Waals surface area (Å²) in [5, 5.41) is 32.1. The van der Waals surface area contributed by atoms with Gasteiger partial charge in [-0.15, -0.1) is 10.2 Å². The zero-order valence-corrected chi connectivity index (χ0v) is 21.5. The number of likely N-dealkylation sites (N-methyl/N-ethyl adjacent to an activating group) is 1. The van der Waals surface area contributed by atoms with Gasteiger partial charge >= 0.3 is 10.7 Å². The van der Waals surface area contributed by atoms with Crippen LogP contribution in [-0.4, -0.2) is 52.1 Å². The van der Waals surface area contributed by atoms with Crippen LogP contribution >= 0.6 is 11.3 Å². The number of carbonyl (C=O) groups is 3. The molecule has 0 atom stereocenters. The Balaban J connectivity index is 1.57. The Morgan fingerprint density at radius 1 is 1.03 bits per heavy atom. The number of anilines is 2. The van der Waals surface area contributed by atoms with Crippen molar-refractivity contribution >= 4 is 61.8 Å². The molecular weight excluding hydrogens is 530 g/mol. The lowest BCUT2D eigenvalue weighted by Gasteiger charge is -2.26. The van der Waals surface area contributed by atoms with Crippen molar-refractivity contribution in [3.63, 3.8) is 0 Å². The van der Waals surface area contributed by atoms with Crippen molar-refractivity contribution in [1.29, 1.82) is 0 Å². The van der Waals surface area contributed by atoms with E-state index >= 15 is 0 Å². The van der Waals surface area contributed by atoms with E-state index in [1.807, 2.05) is 11.8 Å². The molecule has 1 aliphatic heterocycles. The number of carbonyl (C=O) groups excluding carboxylic acids is 3. The Kier molecular flexibility index (Phi) is 7.71. The van der Waals surface area contributed by atoms with Gasteiger partial charge in [0, 0.05) is 32.2 Å². The van der Waals surface area contributed by atoms with Crippen LogP contribution in [0.1, 0.15) is 34.6 Å². The van der Waals surface area contributed by atoms with Gasteiger partial charge < -0.3 is 10.2 Å². The van der Waals surface area contributed by atoms with Crippen LogP contribution in [0.2, 0.25) is 0 Å². The fraction of sp³-hybridized carbons (Fsp3) is 0.208. The van der Waals surface area contributed by atoms with E-state index in [-0.39, 0.29) is 34.7 Å². The fourth-order valence-corrected chi connectivity index (χ4v) is 4.74. The second-order valence-electron chi connectivity index (χ2n) is 8.26. The van der Waals surface area contributed by atoms with E-state index in [1.165, 1.54) is 17.9 Å². The highest BCUT2D eigenvalue weighted by molar-refractivity contribution is 7.19. The molecule has 15 heteroatoms. The Morgan fingerprint density at radius 2 is 1.69 bits per heavy atom. The van der Waals surface area contributed by atoms with Crippen molar-refractivity contribution in [2.45, 2.75) is 13.8 Å². The lowest BCUT2D eigenvalue weighted by Crippen LogP contribution is -2.38. The Labute approximate surface area is 224 Å². The van der Waals surface area contributed by atoms with E-state index in [0.29, 0.717) is 41.2 Å². The molecule has 3 amide bonds. The molecule has 0 bridgehead atoms. The molecule has 39 heavy (non-hydrogen) atoms. The number of hydrogen-bond acceptors (Lipinski definition) is 11. The summed E-state index contributed by atoms with van der Waals surface area (Å²) in [5.74, 6) is -1.12. The molecule has 0 fully saturated rings. The van der Waals surface area contributed by atoms with E-state index in [0.717, 1.165) is 6.07 Å². The van der Waals surface area contributed by atoms with Crippen LogP contribution in [0.3, 0.4) is 0 Å². The minimum atomic E-state index is -0.789. The minimum absolute atomic E-state index is 0.137. The van der Waals surface area contributed by atoms with E-state index < -0.39 is 26.4 Å². The SMILES string of the molecule is CCN(CCN1C(=O)c2ccccc2C1=O)c1ccc(N=Nc2sc([N+](=O)[O-])cc2[N+](=O)[O-])c(NC(C)=O)c1. The quantitative estimate of drug-likeness (QED) is 0.157. The fourth-order valence-electron chi connectivity index (χ4n) is 3.98. The number of nitrogens with one attached hydrogen (secondary N) is 1. The third-order valence-electron chi connectivity index (χ3n) is 5.82. The van der Waals surface area contributed by atoms with Crippen LogP contribution in [0.25, 0.3) is 0 Å². The third kappa shape index (κ3) is 5.62. The van der Waals surface area contributed by atoms with Gasteiger partial charge in [-0.2, -0.15) is 0 Å². The highest BCUT2D eigenvalue weighted by Gasteiger charge is 2.35. The summed E-state index contributed by atoms with van der Waals surface area (Å²) >= 11 is 0.505. The second-order valence-corrected chi connectivity index (χ2v) is 9.27. The topological polar surface area (TPSA) is 181 Å². The monoisotopic (exact) mass is 551 g/mol. The van der Waals surface area contributed by atoms with Gasteiger partial charge in [-0.1, -0.05) is 12.1 Å². The van der Waals surface area contributed by atoms with E-state index in [4.69, 9.17) is 0 Å². The Hall–Kier alpha value is -5.05.